The van der Waals surface area contributed by atoms with E-state index in [9.17, 15) is 0 Å². The number of nitrogens with two attached hydrogens (primary N) is 1. The number of hydrogen-bond acceptors (Lipinski definition) is 7. The topological polar surface area (TPSA) is 108 Å². The lowest BCUT2D eigenvalue weighted by Crippen LogP contribution is -2.12. The van der Waals surface area contributed by atoms with Crippen LogP contribution in [0.15, 0.2) is 37.4 Å². The quantitative estimate of drug-likeness (QED) is 0.623. The van der Waals surface area contributed by atoms with E-state index >= 15 is 0 Å². The lowest BCUT2D eigenvalue weighted by Gasteiger charge is -2.02. The molecule has 0 radical (unpaired) electrons. The van der Waals surface area contributed by atoms with Crippen molar-refractivity contribution in [2.24, 2.45) is 0 Å². The summed E-state index contributed by atoms with van der Waals surface area (Å²) in [4.78, 5) is 15.6. The highest BCUT2D eigenvalue weighted by Gasteiger charge is 2.13. The van der Waals surface area contributed by atoms with Crippen molar-refractivity contribution in [3.05, 3.63) is 37.4 Å². The molecular weight excluding hydrogens is 232 g/mol. The fraction of sp³-hybridized carbons (Fsp3) is 0. The van der Waals surface area contributed by atoms with Crippen molar-refractivity contribution >= 4 is 0 Å². The third-order valence-corrected chi connectivity index (χ3v) is 2.33. The maximum Gasteiger partial charge on any atom is 0.185 e. The Morgan fingerprint density at radius 2 is 1.11 bits per heavy atom. The molecule has 3 aromatic rings. The Hall–Kier alpha value is -2.90. The maximum atomic E-state index is 5.95. The van der Waals surface area contributed by atoms with Gasteiger partial charge in [0.05, 0.1) is 11.1 Å². The van der Waals surface area contributed by atoms with Crippen LogP contribution in [-0.4, -0.2) is 34.8 Å². The highest BCUT2D eigenvalue weighted by atomic mass is 15.4. The number of aromatic nitrogens is 7. The molecule has 18 heavy (non-hydrogen) atoms. The number of nitrogen functional groups attached to an aromatic ring is 1. The molecule has 0 aromatic carbocycles. The van der Waals surface area contributed by atoms with Gasteiger partial charge in [-0.25, -0.2) is 24.6 Å². The summed E-state index contributed by atoms with van der Waals surface area (Å²) in [5, 5.41) is 8.03. The summed E-state index contributed by atoms with van der Waals surface area (Å²) in [6, 6.07) is 0. The Bertz CT molecular complexity index is 591. The van der Waals surface area contributed by atoms with E-state index in [-0.39, 0.29) is 0 Å². The van der Waals surface area contributed by atoms with Crippen molar-refractivity contribution in [3.8, 4) is 22.8 Å². The molecule has 0 aliphatic heterocycles. The Morgan fingerprint density at radius 3 is 1.50 bits per heavy atom. The van der Waals surface area contributed by atoms with Gasteiger partial charge in [-0.3, -0.25) is 0 Å². The molecule has 0 aliphatic carbocycles. The molecule has 0 unspecified atom stereocenters. The highest BCUT2D eigenvalue weighted by molar-refractivity contribution is 5.60. The Labute approximate surface area is 102 Å². The summed E-state index contributed by atoms with van der Waals surface area (Å²) >= 11 is 0. The van der Waals surface area contributed by atoms with Crippen LogP contribution in [0.25, 0.3) is 22.8 Å². The van der Waals surface area contributed by atoms with Crippen molar-refractivity contribution in [1.82, 2.24) is 34.8 Å². The molecule has 0 spiro atoms. The van der Waals surface area contributed by atoms with Crippen LogP contribution in [0.5, 0.6) is 0 Å². The monoisotopic (exact) mass is 240 g/mol. The summed E-state index contributed by atoms with van der Waals surface area (Å²) in [5.41, 5.74) is 1.38. The van der Waals surface area contributed by atoms with Crippen LogP contribution in [0.3, 0.4) is 0 Å². The van der Waals surface area contributed by atoms with E-state index < -0.39 is 0 Å². The van der Waals surface area contributed by atoms with Gasteiger partial charge in [-0.2, -0.15) is 0 Å². The van der Waals surface area contributed by atoms with Gasteiger partial charge in [0.15, 0.2) is 11.6 Å². The minimum absolute atomic E-state index is 0.481. The summed E-state index contributed by atoms with van der Waals surface area (Å²) in [6.07, 6.45) is 9.34. The average Bonchev–Trinajstić information content (AvgIpc) is 2.83. The third kappa shape index (κ3) is 1.65. The molecule has 3 rings (SSSR count). The zero-order valence-electron chi connectivity index (χ0n) is 9.17. The largest absolute Gasteiger partial charge is 0.336 e. The molecule has 0 fully saturated rings. The van der Waals surface area contributed by atoms with Crippen LogP contribution < -0.4 is 5.84 Å². The first-order valence-electron chi connectivity index (χ1n) is 5.07. The van der Waals surface area contributed by atoms with Crippen LogP contribution in [0.2, 0.25) is 0 Å². The smallest absolute Gasteiger partial charge is 0.185 e. The lowest BCUT2D eigenvalue weighted by atomic mass is 10.3. The van der Waals surface area contributed by atoms with Gasteiger partial charge in [0.2, 0.25) is 0 Å². The Kier molecular flexibility index (Phi) is 2.38. The van der Waals surface area contributed by atoms with Gasteiger partial charge in [-0.05, 0) is 0 Å². The molecule has 0 atom stereocenters. The minimum atomic E-state index is 0.481. The molecule has 3 aromatic heterocycles. The van der Waals surface area contributed by atoms with Gasteiger partial charge in [-0.15, -0.1) is 10.2 Å². The van der Waals surface area contributed by atoms with Crippen molar-refractivity contribution in [2.45, 2.75) is 0 Å². The first-order valence-corrected chi connectivity index (χ1v) is 5.07. The second kappa shape index (κ2) is 4.17. The van der Waals surface area contributed by atoms with E-state index in [0.717, 1.165) is 0 Å². The zero-order valence-corrected chi connectivity index (χ0v) is 9.17. The number of rotatable bonds is 2. The van der Waals surface area contributed by atoms with Crippen LogP contribution in [-0.2, 0) is 0 Å². The fourth-order valence-electron chi connectivity index (χ4n) is 1.51. The number of hydrogen-bond donors (Lipinski definition) is 1. The second-order valence-electron chi connectivity index (χ2n) is 3.47. The molecule has 88 valence electrons. The lowest BCUT2D eigenvalue weighted by molar-refractivity contribution is 1.00. The van der Waals surface area contributed by atoms with E-state index in [1.165, 1.54) is 17.3 Å². The van der Waals surface area contributed by atoms with Crippen molar-refractivity contribution in [2.75, 3.05) is 5.84 Å². The van der Waals surface area contributed by atoms with Crippen LogP contribution >= 0.6 is 0 Å². The van der Waals surface area contributed by atoms with Gasteiger partial charge < -0.3 is 5.84 Å². The molecule has 8 nitrogen and oxygen atoms in total. The first-order chi connectivity index (χ1) is 8.86. The average molecular weight is 240 g/mol. The summed E-state index contributed by atoms with van der Waals surface area (Å²) in [5.74, 6) is 6.91. The normalized spacial score (nSPS) is 10.4. The second-order valence-corrected chi connectivity index (χ2v) is 3.47. The fourth-order valence-corrected chi connectivity index (χ4v) is 1.51. The molecule has 3 heterocycles. The maximum absolute atomic E-state index is 5.95. The molecule has 0 bridgehead atoms. The Balaban J connectivity index is 2.09. The van der Waals surface area contributed by atoms with Crippen LogP contribution in [0.4, 0.5) is 0 Å². The number of nitrogens with zero attached hydrogens (tertiary/aromatic N) is 7. The predicted octanol–water partition coefficient (Wildman–Crippen LogP) is -0.0941. The Morgan fingerprint density at radius 1 is 0.722 bits per heavy atom. The van der Waals surface area contributed by atoms with Gasteiger partial charge in [0.1, 0.15) is 12.7 Å². The molecule has 0 amide bonds. The highest BCUT2D eigenvalue weighted by Crippen LogP contribution is 2.19. The van der Waals surface area contributed by atoms with E-state index in [2.05, 4.69) is 30.1 Å². The van der Waals surface area contributed by atoms with E-state index in [4.69, 9.17) is 5.84 Å². The van der Waals surface area contributed by atoms with Crippen molar-refractivity contribution in [3.63, 3.8) is 0 Å². The van der Waals surface area contributed by atoms with E-state index in [1.54, 1.807) is 24.8 Å². The minimum Gasteiger partial charge on any atom is -0.336 e. The standard InChI is InChI=1S/C10H8N8/c11-18-9(7-1-12-5-13-2-7)16-17-10(18)8-3-14-6-15-4-8/h1-6H,11H2. The van der Waals surface area contributed by atoms with Gasteiger partial charge in [0.25, 0.3) is 0 Å². The van der Waals surface area contributed by atoms with E-state index in [0.29, 0.717) is 22.8 Å². The van der Waals surface area contributed by atoms with Crippen LogP contribution in [0, 0.1) is 0 Å². The van der Waals surface area contributed by atoms with E-state index in [1.807, 2.05) is 0 Å². The third-order valence-electron chi connectivity index (χ3n) is 2.33. The zero-order chi connectivity index (χ0) is 12.4. The summed E-state index contributed by atoms with van der Waals surface area (Å²) in [6.45, 7) is 0. The van der Waals surface area contributed by atoms with Gasteiger partial charge >= 0.3 is 0 Å². The molecular formula is C10H8N8. The van der Waals surface area contributed by atoms with Gasteiger partial charge in [0, 0.05) is 24.8 Å². The molecule has 0 saturated heterocycles. The summed E-state index contributed by atoms with van der Waals surface area (Å²) < 4.78 is 1.36. The molecule has 0 aliphatic rings. The molecule has 8 heteroatoms. The van der Waals surface area contributed by atoms with Crippen LogP contribution in [0.1, 0.15) is 0 Å². The molecule has 0 saturated carbocycles. The van der Waals surface area contributed by atoms with Crippen molar-refractivity contribution in [1.29, 1.82) is 0 Å². The SMILES string of the molecule is Nn1c(-c2cncnc2)nnc1-c1cncnc1. The first kappa shape index (κ1) is 10.3. The van der Waals surface area contributed by atoms with Gasteiger partial charge in [-0.1, -0.05) is 0 Å². The predicted molar refractivity (Wildman–Crippen MR) is 62.2 cm³/mol. The molecule has 2 N–H and O–H groups in total. The summed E-state index contributed by atoms with van der Waals surface area (Å²) in [7, 11) is 0. The van der Waals surface area contributed by atoms with Crippen molar-refractivity contribution < 1.29 is 0 Å².